The zero-order valence-corrected chi connectivity index (χ0v) is 18.6. The number of halogens is 3. The van der Waals surface area contributed by atoms with E-state index in [0.717, 1.165) is 56.6 Å². The average molecular weight is 476 g/mol. The second-order valence-electron chi connectivity index (χ2n) is 8.43. The van der Waals surface area contributed by atoms with E-state index in [1.807, 2.05) is 0 Å². The van der Waals surface area contributed by atoms with Crippen LogP contribution in [0.4, 0.5) is 35.0 Å². The summed E-state index contributed by atoms with van der Waals surface area (Å²) >= 11 is 0. The van der Waals surface area contributed by atoms with Gasteiger partial charge >= 0.3 is 12.2 Å². The molecular formula is C24H27F3N4O3. The summed E-state index contributed by atoms with van der Waals surface area (Å²) < 4.78 is 44.3. The van der Waals surface area contributed by atoms with Gasteiger partial charge < -0.3 is 25.6 Å². The quantitative estimate of drug-likeness (QED) is 0.556. The van der Waals surface area contributed by atoms with Crippen molar-refractivity contribution in [2.24, 2.45) is 0 Å². The van der Waals surface area contributed by atoms with Gasteiger partial charge in [0.1, 0.15) is 0 Å². The zero-order valence-electron chi connectivity index (χ0n) is 18.6. The maximum Gasteiger partial charge on any atom is 0.416 e. The Morgan fingerprint density at radius 3 is 2.41 bits per heavy atom. The second kappa shape index (κ2) is 10.3. The fourth-order valence-corrected chi connectivity index (χ4v) is 4.20. The Morgan fingerprint density at radius 1 is 1.00 bits per heavy atom. The normalized spacial score (nSPS) is 18.1. The summed E-state index contributed by atoms with van der Waals surface area (Å²) in [5, 5.41) is 7.93. The summed E-state index contributed by atoms with van der Waals surface area (Å²) in [5.41, 5.74) is 0.721. The predicted molar refractivity (Wildman–Crippen MR) is 123 cm³/mol. The summed E-state index contributed by atoms with van der Waals surface area (Å²) in [7, 11) is 0. The van der Waals surface area contributed by atoms with Crippen LogP contribution < -0.4 is 20.9 Å². The molecule has 2 saturated heterocycles. The standard InChI is InChI=1S/C24H27F3N4O3/c25-24(26,27)16-5-3-6-17(13-16)29-23(33)30-18-8-9-21(31-10-1-2-11-31)20(14-18)22(32)28-15-19-7-4-12-34-19/h3,5-6,8-9,13-14,19H,1-2,4,7,10-12,15H2,(H,28,32)(H2,29,30,33). The monoisotopic (exact) mass is 476 g/mol. The van der Waals surface area contributed by atoms with Crippen molar-refractivity contribution in [1.29, 1.82) is 0 Å². The first-order valence-electron chi connectivity index (χ1n) is 11.3. The molecule has 2 aromatic rings. The van der Waals surface area contributed by atoms with Crippen LogP contribution in [0.3, 0.4) is 0 Å². The van der Waals surface area contributed by atoms with E-state index in [4.69, 9.17) is 4.74 Å². The van der Waals surface area contributed by atoms with Crippen LogP contribution in [0.1, 0.15) is 41.6 Å². The van der Waals surface area contributed by atoms with Crippen LogP contribution >= 0.6 is 0 Å². The molecule has 2 aliphatic heterocycles. The number of urea groups is 1. The van der Waals surface area contributed by atoms with E-state index in [9.17, 15) is 22.8 Å². The van der Waals surface area contributed by atoms with Crippen molar-refractivity contribution in [3.05, 3.63) is 53.6 Å². The molecule has 2 fully saturated rings. The third kappa shape index (κ3) is 5.99. The number of benzene rings is 2. The molecule has 2 aliphatic rings. The third-order valence-electron chi connectivity index (χ3n) is 5.91. The van der Waals surface area contributed by atoms with Crippen molar-refractivity contribution in [2.45, 2.75) is 38.0 Å². The van der Waals surface area contributed by atoms with E-state index in [0.29, 0.717) is 24.4 Å². The van der Waals surface area contributed by atoms with Crippen molar-refractivity contribution in [2.75, 3.05) is 41.8 Å². The number of amides is 3. The van der Waals surface area contributed by atoms with Gasteiger partial charge in [-0.3, -0.25) is 4.79 Å². The van der Waals surface area contributed by atoms with Gasteiger partial charge in [0.25, 0.3) is 5.91 Å². The van der Waals surface area contributed by atoms with Gasteiger partial charge in [-0.05, 0) is 62.1 Å². The molecule has 0 aromatic heterocycles. The summed E-state index contributed by atoms with van der Waals surface area (Å²) in [5.74, 6) is -0.265. The fraction of sp³-hybridized carbons (Fsp3) is 0.417. The van der Waals surface area contributed by atoms with Crippen molar-refractivity contribution in [3.63, 3.8) is 0 Å². The number of carbonyl (C=O) groups excluding carboxylic acids is 2. The van der Waals surface area contributed by atoms with E-state index in [1.165, 1.54) is 12.1 Å². The Bertz CT molecular complexity index is 1030. The van der Waals surface area contributed by atoms with Crippen molar-refractivity contribution in [3.8, 4) is 0 Å². The molecule has 3 amide bonds. The molecule has 0 radical (unpaired) electrons. The molecule has 34 heavy (non-hydrogen) atoms. The molecule has 1 atom stereocenters. The third-order valence-corrected chi connectivity index (χ3v) is 5.91. The molecule has 0 saturated carbocycles. The molecule has 3 N–H and O–H groups in total. The SMILES string of the molecule is O=C(Nc1cccc(C(F)(F)F)c1)Nc1ccc(N2CCCC2)c(C(=O)NCC2CCCO2)c1. The van der Waals surface area contributed by atoms with Crippen molar-refractivity contribution < 1.29 is 27.5 Å². The Kier molecular flexibility index (Phi) is 7.26. The van der Waals surface area contributed by atoms with Gasteiger partial charge in [0.15, 0.2) is 0 Å². The molecule has 2 aromatic carbocycles. The lowest BCUT2D eigenvalue weighted by Crippen LogP contribution is -2.33. The van der Waals surface area contributed by atoms with Gasteiger partial charge in [0.05, 0.1) is 17.2 Å². The van der Waals surface area contributed by atoms with Gasteiger partial charge in [0.2, 0.25) is 0 Å². The minimum Gasteiger partial charge on any atom is -0.376 e. The Balaban J connectivity index is 1.47. The number of carbonyl (C=O) groups is 2. The lowest BCUT2D eigenvalue weighted by molar-refractivity contribution is -0.137. The number of hydrogen-bond acceptors (Lipinski definition) is 4. The molecular weight excluding hydrogens is 449 g/mol. The zero-order chi connectivity index (χ0) is 24.1. The van der Waals surface area contributed by atoms with E-state index in [-0.39, 0.29) is 17.7 Å². The van der Waals surface area contributed by atoms with Crippen LogP contribution in [0.25, 0.3) is 0 Å². The second-order valence-corrected chi connectivity index (χ2v) is 8.43. The number of ether oxygens (including phenoxy) is 1. The summed E-state index contributed by atoms with van der Waals surface area (Å²) in [4.78, 5) is 27.6. The molecule has 1 unspecified atom stereocenters. The highest BCUT2D eigenvalue weighted by molar-refractivity contribution is 6.04. The van der Waals surface area contributed by atoms with Gasteiger partial charge in [-0.15, -0.1) is 0 Å². The van der Waals surface area contributed by atoms with Crippen molar-refractivity contribution in [1.82, 2.24) is 5.32 Å². The minimum absolute atomic E-state index is 0.00117. The van der Waals surface area contributed by atoms with Crippen LogP contribution in [0.2, 0.25) is 0 Å². The topological polar surface area (TPSA) is 82.7 Å². The molecule has 4 rings (SSSR count). The molecule has 0 bridgehead atoms. The first-order chi connectivity index (χ1) is 16.3. The maximum atomic E-state index is 13.0. The number of hydrogen-bond donors (Lipinski definition) is 3. The molecule has 10 heteroatoms. The Labute approximate surface area is 195 Å². The summed E-state index contributed by atoms with van der Waals surface area (Å²) in [6.45, 7) is 2.79. The molecule has 0 spiro atoms. The maximum absolute atomic E-state index is 13.0. The smallest absolute Gasteiger partial charge is 0.376 e. The molecule has 182 valence electrons. The van der Waals surface area contributed by atoms with Crippen LogP contribution in [-0.2, 0) is 10.9 Å². The minimum atomic E-state index is -4.51. The number of nitrogens with one attached hydrogen (secondary N) is 3. The van der Waals surface area contributed by atoms with E-state index >= 15 is 0 Å². The number of nitrogens with zero attached hydrogens (tertiary/aromatic N) is 1. The van der Waals surface area contributed by atoms with E-state index < -0.39 is 17.8 Å². The lowest BCUT2D eigenvalue weighted by atomic mass is 10.1. The first-order valence-corrected chi connectivity index (χ1v) is 11.3. The van der Waals surface area contributed by atoms with Crippen LogP contribution in [0, 0.1) is 0 Å². The number of rotatable bonds is 6. The highest BCUT2D eigenvalue weighted by Crippen LogP contribution is 2.31. The van der Waals surface area contributed by atoms with Crippen molar-refractivity contribution >= 4 is 29.0 Å². The lowest BCUT2D eigenvalue weighted by Gasteiger charge is -2.22. The highest BCUT2D eigenvalue weighted by Gasteiger charge is 2.30. The molecule has 7 nitrogen and oxygen atoms in total. The van der Waals surface area contributed by atoms with Gasteiger partial charge in [-0.1, -0.05) is 6.07 Å². The number of alkyl halides is 3. The highest BCUT2D eigenvalue weighted by atomic mass is 19.4. The predicted octanol–water partition coefficient (Wildman–Crippen LogP) is 4.86. The summed E-state index contributed by atoms with van der Waals surface area (Å²) in [6.07, 6.45) is -0.562. The first kappa shape index (κ1) is 23.9. The molecule has 2 heterocycles. The summed E-state index contributed by atoms with van der Waals surface area (Å²) in [6, 6.07) is 8.72. The number of anilines is 3. The van der Waals surface area contributed by atoms with E-state index in [1.54, 1.807) is 18.2 Å². The van der Waals surface area contributed by atoms with E-state index in [2.05, 4.69) is 20.9 Å². The Hall–Kier alpha value is -3.27. The average Bonchev–Trinajstić information content (AvgIpc) is 3.51. The largest absolute Gasteiger partial charge is 0.416 e. The van der Waals surface area contributed by atoms with Crippen LogP contribution in [-0.4, -0.2) is 44.3 Å². The molecule has 0 aliphatic carbocycles. The van der Waals surface area contributed by atoms with Crippen LogP contribution in [0.15, 0.2) is 42.5 Å². The van der Waals surface area contributed by atoms with Gasteiger partial charge in [-0.25, -0.2) is 4.79 Å². The van der Waals surface area contributed by atoms with Gasteiger partial charge in [-0.2, -0.15) is 13.2 Å². The van der Waals surface area contributed by atoms with Gasteiger partial charge in [0, 0.05) is 43.3 Å². The van der Waals surface area contributed by atoms with Crippen LogP contribution in [0.5, 0.6) is 0 Å². The Morgan fingerprint density at radius 2 is 1.74 bits per heavy atom. The fourth-order valence-electron chi connectivity index (χ4n) is 4.20.